The number of hydrogen-bond donors (Lipinski definition) is 2. The van der Waals surface area contributed by atoms with Crippen LogP contribution in [0.1, 0.15) is 4.88 Å². The average Bonchev–Trinajstić information content (AvgIpc) is 2.30. The van der Waals surface area contributed by atoms with Crippen molar-refractivity contribution in [3.63, 3.8) is 0 Å². The molecule has 60 valence electrons. The second-order valence-electron chi connectivity index (χ2n) is 1.76. The summed E-state index contributed by atoms with van der Waals surface area (Å²) in [6, 6.07) is 0. The molecule has 6 heteroatoms. The van der Waals surface area contributed by atoms with E-state index in [4.69, 9.17) is 23.7 Å². The van der Waals surface area contributed by atoms with Crippen LogP contribution in [0.5, 0.6) is 0 Å². The highest BCUT2D eigenvalue weighted by Gasteiger charge is 2.08. The van der Waals surface area contributed by atoms with Gasteiger partial charge in [-0.1, -0.05) is 24.0 Å². The molecule has 0 aromatic carbocycles. The first-order valence-electron chi connectivity index (χ1n) is 2.75. The SMILES string of the molecule is CSc1nc(N)c(C(N)=S)s1. The Balaban J connectivity index is 3.07. The van der Waals surface area contributed by atoms with Crippen molar-refractivity contribution in [2.24, 2.45) is 5.73 Å². The third kappa shape index (κ3) is 1.82. The van der Waals surface area contributed by atoms with E-state index in [1.807, 2.05) is 6.26 Å². The van der Waals surface area contributed by atoms with Gasteiger partial charge in [0, 0.05) is 0 Å². The van der Waals surface area contributed by atoms with Crippen LogP contribution >= 0.6 is 35.3 Å². The van der Waals surface area contributed by atoms with Gasteiger partial charge in [0.15, 0.2) is 4.34 Å². The maximum absolute atomic E-state index is 5.54. The summed E-state index contributed by atoms with van der Waals surface area (Å²) >= 11 is 7.73. The number of aromatic nitrogens is 1. The monoisotopic (exact) mass is 205 g/mol. The minimum atomic E-state index is 0.320. The van der Waals surface area contributed by atoms with E-state index in [1.54, 1.807) is 0 Å². The van der Waals surface area contributed by atoms with Crippen molar-refractivity contribution >= 4 is 46.1 Å². The van der Waals surface area contributed by atoms with Crippen LogP contribution in [0.4, 0.5) is 5.82 Å². The standard InChI is InChI=1S/C5H7N3S3/c1-10-5-8-3(6)2(11-5)4(7)9/h6H2,1H3,(H2,7,9). The summed E-state index contributed by atoms with van der Waals surface area (Å²) in [6.45, 7) is 0. The van der Waals surface area contributed by atoms with Crippen LogP contribution in [0, 0.1) is 0 Å². The molecule has 0 saturated heterocycles. The van der Waals surface area contributed by atoms with Crippen LogP contribution in [0.2, 0.25) is 0 Å². The van der Waals surface area contributed by atoms with Crippen LogP contribution < -0.4 is 11.5 Å². The molecule has 0 saturated carbocycles. The Morgan fingerprint density at radius 3 is 2.64 bits per heavy atom. The predicted octanol–water partition coefficient (Wildman–Crippen LogP) is 1.08. The molecule has 0 fully saturated rings. The van der Waals surface area contributed by atoms with Gasteiger partial charge in [-0.25, -0.2) is 4.98 Å². The molecule has 1 rings (SSSR count). The van der Waals surface area contributed by atoms with Crippen LogP contribution in [0.25, 0.3) is 0 Å². The number of nitrogen functional groups attached to an aromatic ring is 1. The summed E-state index contributed by atoms with van der Waals surface area (Å²) in [6.07, 6.45) is 1.93. The minimum absolute atomic E-state index is 0.320. The van der Waals surface area contributed by atoms with Crippen molar-refractivity contribution in [3.05, 3.63) is 4.88 Å². The topological polar surface area (TPSA) is 64.9 Å². The normalized spacial score (nSPS) is 9.91. The fraction of sp³-hybridized carbons (Fsp3) is 0.200. The van der Waals surface area contributed by atoms with Gasteiger partial charge in [0.05, 0.1) is 0 Å². The van der Waals surface area contributed by atoms with E-state index in [-0.39, 0.29) is 0 Å². The minimum Gasteiger partial charge on any atom is -0.389 e. The Labute approximate surface area is 78.2 Å². The molecule has 1 heterocycles. The second-order valence-corrected chi connectivity index (χ2v) is 4.25. The second kappa shape index (κ2) is 3.38. The molecule has 0 aliphatic carbocycles. The Hall–Kier alpha value is -0.330. The van der Waals surface area contributed by atoms with Crippen LogP contribution in [-0.4, -0.2) is 16.2 Å². The molecule has 0 amide bonds. The number of thiazole rings is 1. The molecule has 0 unspecified atom stereocenters. The number of thiocarbonyl (C=S) groups is 1. The molecular formula is C5H7N3S3. The lowest BCUT2D eigenvalue weighted by atomic mass is 10.5. The van der Waals surface area contributed by atoms with Gasteiger partial charge in [-0.3, -0.25) is 0 Å². The Morgan fingerprint density at radius 1 is 1.73 bits per heavy atom. The van der Waals surface area contributed by atoms with E-state index in [9.17, 15) is 0 Å². The largest absolute Gasteiger partial charge is 0.389 e. The van der Waals surface area contributed by atoms with Crippen LogP contribution in [0.3, 0.4) is 0 Å². The lowest BCUT2D eigenvalue weighted by Gasteiger charge is -1.89. The first-order chi connectivity index (χ1) is 5.15. The predicted molar refractivity (Wildman–Crippen MR) is 54.2 cm³/mol. The Morgan fingerprint density at radius 2 is 2.36 bits per heavy atom. The Kier molecular flexibility index (Phi) is 2.69. The third-order valence-electron chi connectivity index (χ3n) is 1.03. The van der Waals surface area contributed by atoms with Gasteiger partial charge >= 0.3 is 0 Å². The molecule has 11 heavy (non-hydrogen) atoms. The van der Waals surface area contributed by atoms with E-state index in [0.717, 1.165) is 4.34 Å². The molecule has 0 aliphatic rings. The smallest absolute Gasteiger partial charge is 0.152 e. The molecule has 4 N–H and O–H groups in total. The molecular weight excluding hydrogens is 198 g/mol. The lowest BCUT2D eigenvalue weighted by Crippen LogP contribution is -2.09. The summed E-state index contributed by atoms with van der Waals surface area (Å²) in [5, 5.41) is 0. The fourth-order valence-electron chi connectivity index (χ4n) is 0.575. The summed E-state index contributed by atoms with van der Waals surface area (Å²) in [5.41, 5.74) is 10.9. The highest BCUT2D eigenvalue weighted by atomic mass is 32.2. The van der Waals surface area contributed by atoms with Gasteiger partial charge in [-0.05, 0) is 6.26 Å². The third-order valence-corrected chi connectivity index (χ3v) is 3.46. The molecule has 3 nitrogen and oxygen atoms in total. The zero-order valence-electron chi connectivity index (χ0n) is 5.83. The quantitative estimate of drug-likeness (QED) is 0.559. The fourth-order valence-corrected chi connectivity index (χ4v) is 2.15. The van der Waals surface area contributed by atoms with E-state index in [1.165, 1.54) is 23.1 Å². The van der Waals surface area contributed by atoms with E-state index < -0.39 is 0 Å². The van der Waals surface area contributed by atoms with Crippen LogP contribution in [0.15, 0.2) is 4.34 Å². The van der Waals surface area contributed by atoms with Gasteiger partial charge in [0.2, 0.25) is 0 Å². The summed E-state index contributed by atoms with van der Waals surface area (Å²) < 4.78 is 0.894. The number of nitrogens with zero attached hydrogens (tertiary/aromatic N) is 1. The summed E-state index contributed by atoms with van der Waals surface area (Å²) in [4.78, 5) is 5.07. The van der Waals surface area contributed by atoms with Crippen molar-refractivity contribution in [1.29, 1.82) is 0 Å². The van der Waals surface area contributed by atoms with Crippen molar-refractivity contribution in [2.45, 2.75) is 4.34 Å². The van der Waals surface area contributed by atoms with Crippen molar-refractivity contribution in [2.75, 3.05) is 12.0 Å². The van der Waals surface area contributed by atoms with Gasteiger partial charge in [0.1, 0.15) is 15.7 Å². The molecule has 0 atom stereocenters. The molecule has 0 spiro atoms. The zero-order valence-corrected chi connectivity index (χ0v) is 8.28. The van der Waals surface area contributed by atoms with Crippen molar-refractivity contribution in [3.8, 4) is 0 Å². The summed E-state index contributed by atoms with van der Waals surface area (Å²) in [5.74, 6) is 0.437. The van der Waals surface area contributed by atoms with Crippen LogP contribution in [-0.2, 0) is 0 Å². The maximum Gasteiger partial charge on any atom is 0.152 e. The summed E-state index contributed by atoms with van der Waals surface area (Å²) in [7, 11) is 0. The number of anilines is 1. The highest BCUT2D eigenvalue weighted by Crippen LogP contribution is 2.26. The first kappa shape index (κ1) is 8.76. The highest BCUT2D eigenvalue weighted by molar-refractivity contribution is 8.00. The molecule has 0 radical (unpaired) electrons. The van der Waals surface area contributed by atoms with E-state index in [0.29, 0.717) is 15.7 Å². The Bertz CT molecular complexity index is 281. The molecule has 1 aromatic rings. The van der Waals surface area contributed by atoms with Gasteiger partial charge in [-0.2, -0.15) is 0 Å². The van der Waals surface area contributed by atoms with Crippen molar-refractivity contribution in [1.82, 2.24) is 4.98 Å². The number of nitrogens with two attached hydrogens (primary N) is 2. The lowest BCUT2D eigenvalue weighted by molar-refractivity contribution is 1.26. The molecule has 0 bridgehead atoms. The van der Waals surface area contributed by atoms with Crippen molar-refractivity contribution < 1.29 is 0 Å². The van der Waals surface area contributed by atoms with Gasteiger partial charge < -0.3 is 11.5 Å². The zero-order chi connectivity index (χ0) is 8.43. The van der Waals surface area contributed by atoms with Gasteiger partial charge in [-0.15, -0.1) is 11.3 Å². The number of thioether (sulfide) groups is 1. The number of hydrogen-bond acceptors (Lipinski definition) is 5. The molecule has 1 aromatic heterocycles. The number of rotatable bonds is 2. The van der Waals surface area contributed by atoms with Gasteiger partial charge in [0.25, 0.3) is 0 Å². The first-order valence-corrected chi connectivity index (χ1v) is 5.20. The van der Waals surface area contributed by atoms with E-state index in [2.05, 4.69) is 4.98 Å². The molecule has 0 aliphatic heterocycles. The maximum atomic E-state index is 5.54. The van der Waals surface area contributed by atoms with E-state index >= 15 is 0 Å². The average molecular weight is 205 g/mol.